The highest BCUT2D eigenvalue weighted by Crippen LogP contribution is 2.39. The third-order valence-corrected chi connectivity index (χ3v) is 6.45. The second-order valence-electron chi connectivity index (χ2n) is 8.38. The summed E-state index contributed by atoms with van der Waals surface area (Å²) in [6.07, 6.45) is 3.67. The van der Waals surface area contributed by atoms with Crippen molar-refractivity contribution in [1.82, 2.24) is 19.8 Å². The summed E-state index contributed by atoms with van der Waals surface area (Å²) in [6.45, 7) is 0.315. The number of carbonyl (C=O) groups excluding carboxylic acids is 1. The summed E-state index contributed by atoms with van der Waals surface area (Å²) in [6, 6.07) is 21.0. The Morgan fingerprint density at radius 3 is 2.53 bits per heavy atom. The minimum absolute atomic E-state index is 0.144. The number of carbonyl (C=O) groups is 1. The van der Waals surface area contributed by atoms with E-state index in [1.165, 1.54) is 30.3 Å². The summed E-state index contributed by atoms with van der Waals surface area (Å²) in [5.74, 6) is -0.945. The van der Waals surface area contributed by atoms with Crippen LogP contribution >= 0.6 is 12.2 Å². The van der Waals surface area contributed by atoms with Crippen LogP contribution < -0.4 is 10.6 Å². The predicted molar refractivity (Wildman–Crippen MR) is 138 cm³/mol. The summed E-state index contributed by atoms with van der Waals surface area (Å²) < 4.78 is 29.7. The van der Waals surface area contributed by atoms with Crippen LogP contribution in [0.2, 0.25) is 0 Å². The highest BCUT2D eigenvalue weighted by molar-refractivity contribution is 7.80. The largest absolute Gasteiger partial charge is 0.352 e. The number of hydrogen-bond acceptors (Lipinski definition) is 3. The van der Waals surface area contributed by atoms with E-state index in [0.29, 0.717) is 23.0 Å². The van der Waals surface area contributed by atoms with Gasteiger partial charge in [-0.25, -0.2) is 8.78 Å². The number of nitrogens with zero attached hydrogens (tertiary/aromatic N) is 3. The SMILES string of the molecule is O=C(CCN1C(=S)N[C@H](c2ccccn2)[C@@H]1c1cccn1-c1ccccc1F)Nc1ccc(F)cc1. The van der Waals surface area contributed by atoms with Crippen molar-refractivity contribution in [3.8, 4) is 5.69 Å². The Morgan fingerprint density at radius 1 is 1.00 bits per heavy atom. The minimum Gasteiger partial charge on any atom is -0.352 e. The molecule has 182 valence electrons. The van der Waals surface area contributed by atoms with Crippen LogP contribution in [0.4, 0.5) is 14.5 Å². The van der Waals surface area contributed by atoms with E-state index in [-0.39, 0.29) is 36.0 Å². The molecule has 0 saturated carbocycles. The summed E-state index contributed by atoms with van der Waals surface area (Å²) in [5, 5.41) is 6.61. The molecule has 5 rings (SSSR count). The van der Waals surface area contributed by atoms with Gasteiger partial charge >= 0.3 is 0 Å². The van der Waals surface area contributed by atoms with Gasteiger partial charge in [0.25, 0.3) is 0 Å². The Balaban J connectivity index is 1.44. The molecule has 2 aromatic heterocycles. The molecule has 2 N–H and O–H groups in total. The molecule has 6 nitrogen and oxygen atoms in total. The molecule has 1 saturated heterocycles. The van der Waals surface area contributed by atoms with E-state index >= 15 is 0 Å². The van der Waals surface area contributed by atoms with Crippen molar-refractivity contribution in [2.75, 3.05) is 11.9 Å². The number of anilines is 1. The summed E-state index contributed by atoms with van der Waals surface area (Å²) in [4.78, 5) is 19.1. The number of aromatic nitrogens is 2. The van der Waals surface area contributed by atoms with Gasteiger partial charge in [0.05, 0.1) is 23.5 Å². The molecule has 2 atom stereocenters. The second-order valence-corrected chi connectivity index (χ2v) is 8.77. The van der Waals surface area contributed by atoms with E-state index < -0.39 is 0 Å². The fourth-order valence-electron chi connectivity index (χ4n) is 4.45. The van der Waals surface area contributed by atoms with Crippen LogP contribution in [0, 0.1) is 11.6 Å². The summed E-state index contributed by atoms with van der Waals surface area (Å²) in [5.41, 5.74) is 2.52. The molecule has 1 aliphatic rings. The number of halogens is 2. The molecule has 0 unspecified atom stereocenters. The highest BCUT2D eigenvalue weighted by Gasteiger charge is 2.41. The number of hydrogen-bond donors (Lipinski definition) is 2. The Hall–Kier alpha value is -4.11. The molecular weight excluding hydrogens is 480 g/mol. The smallest absolute Gasteiger partial charge is 0.226 e. The van der Waals surface area contributed by atoms with Crippen LogP contribution in [0.5, 0.6) is 0 Å². The molecule has 1 aliphatic heterocycles. The van der Waals surface area contributed by atoms with E-state index in [9.17, 15) is 13.6 Å². The van der Waals surface area contributed by atoms with Gasteiger partial charge in [-0.2, -0.15) is 0 Å². The van der Waals surface area contributed by atoms with Crippen LogP contribution in [0.1, 0.15) is 29.9 Å². The number of nitrogens with one attached hydrogen (secondary N) is 2. The fraction of sp³-hybridized carbons (Fsp3) is 0.148. The molecule has 3 heterocycles. The molecule has 1 amide bonds. The van der Waals surface area contributed by atoms with Crippen molar-refractivity contribution in [2.45, 2.75) is 18.5 Å². The lowest BCUT2D eigenvalue weighted by molar-refractivity contribution is -0.116. The Kier molecular flexibility index (Phi) is 6.73. The first-order valence-corrected chi connectivity index (χ1v) is 11.9. The number of para-hydroxylation sites is 1. The third-order valence-electron chi connectivity index (χ3n) is 6.10. The van der Waals surface area contributed by atoms with E-state index in [1.54, 1.807) is 29.0 Å². The lowest BCUT2D eigenvalue weighted by Gasteiger charge is -2.29. The average Bonchev–Trinajstić information content (AvgIpc) is 3.49. The van der Waals surface area contributed by atoms with Gasteiger partial charge in [0.2, 0.25) is 5.91 Å². The number of rotatable bonds is 7. The standard InChI is InChI=1S/C27H23F2N5OS/c28-18-10-12-19(13-11-18)31-24(35)14-17-34-26(25(32-27(34)36)21-7-3-4-15-30-21)23-9-5-16-33(23)22-8-2-1-6-20(22)29/h1-13,15-16,25-26H,14,17H2,(H,31,35)(H,32,36)/t25-,26+/m1/s1. The molecule has 1 fully saturated rings. The van der Waals surface area contributed by atoms with Gasteiger partial charge in [0.15, 0.2) is 5.11 Å². The lowest BCUT2D eigenvalue weighted by atomic mass is 10.0. The van der Waals surface area contributed by atoms with Gasteiger partial charge in [-0.1, -0.05) is 18.2 Å². The first-order chi connectivity index (χ1) is 17.5. The number of pyridine rings is 1. The maximum absolute atomic E-state index is 14.7. The molecule has 4 aromatic rings. The monoisotopic (exact) mass is 503 g/mol. The van der Waals surface area contributed by atoms with Gasteiger partial charge in [0.1, 0.15) is 11.6 Å². The fourth-order valence-corrected chi connectivity index (χ4v) is 4.78. The van der Waals surface area contributed by atoms with Gasteiger partial charge in [0, 0.05) is 36.7 Å². The highest BCUT2D eigenvalue weighted by atomic mass is 32.1. The minimum atomic E-state index is -0.372. The molecule has 0 radical (unpaired) electrons. The molecule has 2 aromatic carbocycles. The van der Waals surface area contributed by atoms with Crippen molar-refractivity contribution >= 4 is 28.9 Å². The van der Waals surface area contributed by atoms with Gasteiger partial charge < -0.3 is 20.1 Å². The lowest BCUT2D eigenvalue weighted by Crippen LogP contribution is -2.33. The van der Waals surface area contributed by atoms with Crippen molar-refractivity contribution in [3.63, 3.8) is 0 Å². The number of amides is 1. The number of thiocarbonyl (C=S) groups is 1. The maximum Gasteiger partial charge on any atom is 0.226 e. The van der Waals surface area contributed by atoms with E-state index in [1.807, 2.05) is 41.4 Å². The zero-order valence-corrected chi connectivity index (χ0v) is 20.0. The Labute approximate surface area is 212 Å². The quantitative estimate of drug-likeness (QED) is 0.342. The molecule has 36 heavy (non-hydrogen) atoms. The van der Waals surface area contributed by atoms with Crippen molar-refractivity contribution in [3.05, 3.63) is 114 Å². The van der Waals surface area contributed by atoms with Gasteiger partial charge in [-0.3, -0.25) is 9.78 Å². The van der Waals surface area contributed by atoms with Crippen molar-refractivity contribution < 1.29 is 13.6 Å². The zero-order valence-electron chi connectivity index (χ0n) is 19.1. The van der Waals surface area contributed by atoms with Gasteiger partial charge in [-0.05, 0) is 72.9 Å². The first-order valence-electron chi connectivity index (χ1n) is 11.5. The first kappa shape index (κ1) is 23.6. The average molecular weight is 504 g/mol. The van der Waals surface area contributed by atoms with E-state index in [2.05, 4.69) is 15.6 Å². The third kappa shape index (κ3) is 4.83. The summed E-state index contributed by atoms with van der Waals surface area (Å²) >= 11 is 5.68. The van der Waals surface area contributed by atoms with E-state index in [4.69, 9.17) is 12.2 Å². The molecular formula is C27H23F2N5OS. The second kappa shape index (κ2) is 10.2. The Morgan fingerprint density at radius 2 is 1.78 bits per heavy atom. The molecule has 0 aliphatic carbocycles. The predicted octanol–water partition coefficient (Wildman–Crippen LogP) is 5.15. The zero-order chi connectivity index (χ0) is 25.1. The molecule has 0 spiro atoms. The maximum atomic E-state index is 14.7. The van der Waals surface area contributed by atoms with Crippen molar-refractivity contribution in [1.29, 1.82) is 0 Å². The van der Waals surface area contributed by atoms with Crippen LogP contribution in [0.15, 0.2) is 91.3 Å². The molecule has 0 bridgehead atoms. The normalized spacial score (nSPS) is 17.2. The topological polar surface area (TPSA) is 62.2 Å². The van der Waals surface area contributed by atoms with Crippen LogP contribution in [0.3, 0.4) is 0 Å². The Bertz CT molecular complexity index is 1380. The van der Waals surface area contributed by atoms with E-state index in [0.717, 1.165) is 11.4 Å². The summed E-state index contributed by atoms with van der Waals surface area (Å²) in [7, 11) is 0. The van der Waals surface area contributed by atoms with Gasteiger partial charge in [-0.15, -0.1) is 0 Å². The van der Waals surface area contributed by atoms with Crippen LogP contribution in [0.25, 0.3) is 5.69 Å². The van der Waals surface area contributed by atoms with Crippen LogP contribution in [-0.4, -0.2) is 32.0 Å². The van der Waals surface area contributed by atoms with Crippen molar-refractivity contribution in [2.24, 2.45) is 0 Å². The van der Waals surface area contributed by atoms with Crippen LogP contribution in [-0.2, 0) is 4.79 Å². The number of benzene rings is 2. The molecule has 9 heteroatoms.